The molecule has 0 aliphatic heterocycles. The van der Waals surface area contributed by atoms with E-state index in [1.807, 2.05) is 54.6 Å². The molecule has 0 aliphatic carbocycles. The first-order chi connectivity index (χ1) is 10.1. The van der Waals surface area contributed by atoms with Crippen molar-refractivity contribution < 1.29 is 9.90 Å². The van der Waals surface area contributed by atoms with E-state index in [2.05, 4.69) is 32.7 Å². The van der Waals surface area contributed by atoms with Gasteiger partial charge in [0, 0.05) is 9.13 Å². The Morgan fingerprint density at radius 1 is 1.05 bits per heavy atom. The van der Waals surface area contributed by atoms with Gasteiger partial charge in [-0.25, -0.2) is 14.5 Å². The maximum atomic E-state index is 11.1. The average Bonchev–Trinajstić information content (AvgIpc) is 2.94. The molecule has 0 aliphatic rings. The third kappa shape index (κ3) is 2.80. The highest BCUT2D eigenvalue weighted by Crippen LogP contribution is 2.21. The predicted octanol–water partition coefficient (Wildman–Crippen LogP) is 3.24. The summed E-state index contributed by atoms with van der Waals surface area (Å²) in [4.78, 5) is 15.3. The molecule has 0 saturated carbocycles. The fraction of sp³-hybridized carbons (Fsp3) is 0. The molecule has 0 saturated heterocycles. The third-order valence-corrected chi connectivity index (χ3v) is 3.62. The van der Waals surface area contributed by atoms with Crippen LogP contribution in [0, 0.1) is 3.57 Å². The monoisotopic (exact) mass is 391 g/mol. The molecule has 0 spiro atoms. The fourth-order valence-corrected chi connectivity index (χ4v) is 2.30. The summed E-state index contributed by atoms with van der Waals surface area (Å²) in [5.74, 6) is -0.849. The van der Waals surface area contributed by atoms with Crippen molar-refractivity contribution in [1.82, 2.24) is 14.8 Å². The van der Waals surface area contributed by atoms with Crippen molar-refractivity contribution in [3.05, 3.63) is 64.0 Å². The van der Waals surface area contributed by atoms with E-state index in [0.717, 1.165) is 14.8 Å². The lowest BCUT2D eigenvalue weighted by molar-refractivity contribution is 0.0683. The Morgan fingerprint density at radius 3 is 2.33 bits per heavy atom. The first-order valence-electron chi connectivity index (χ1n) is 6.17. The Balaban J connectivity index is 2.19. The summed E-state index contributed by atoms with van der Waals surface area (Å²) in [5.41, 5.74) is 1.59. The van der Waals surface area contributed by atoms with Crippen molar-refractivity contribution in [2.24, 2.45) is 0 Å². The lowest BCUT2D eigenvalue weighted by Crippen LogP contribution is -2.02. The largest absolute Gasteiger partial charge is 0.475 e. The van der Waals surface area contributed by atoms with Crippen LogP contribution < -0.4 is 0 Å². The zero-order chi connectivity index (χ0) is 14.8. The number of aromatic nitrogens is 3. The summed E-state index contributed by atoms with van der Waals surface area (Å²) in [6.07, 6.45) is 0. The lowest BCUT2D eigenvalue weighted by atomic mass is 10.2. The molecule has 5 nitrogen and oxygen atoms in total. The number of hydrogen-bond acceptors (Lipinski definition) is 3. The van der Waals surface area contributed by atoms with Crippen LogP contribution in [0.1, 0.15) is 10.6 Å². The number of carboxylic acid groups (broad SMARTS) is 1. The summed E-state index contributed by atoms with van der Waals surface area (Å²) >= 11 is 2.21. The number of benzene rings is 2. The van der Waals surface area contributed by atoms with Crippen molar-refractivity contribution in [3.8, 4) is 17.1 Å². The Hall–Kier alpha value is -2.22. The lowest BCUT2D eigenvalue weighted by Gasteiger charge is -2.05. The number of nitrogens with zero attached hydrogens (tertiary/aromatic N) is 3. The zero-order valence-electron chi connectivity index (χ0n) is 10.8. The van der Waals surface area contributed by atoms with E-state index in [0.29, 0.717) is 5.82 Å². The van der Waals surface area contributed by atoms with Crippen molar-refractivity contribution in [3.63, 3.8) is 0 Å². The molecule has 6 heteroatoms. The molecule has 1 heterocycles. The number of aromatic carboxylic acids is 1. The summed E-state index contributed by atoms with van der Waals surface area (Å²) in [6, 6.07) is 17.0. The Bertz CT molecular complexity index is 782. The molecule has 1 N–H and O–H groups in total. The standard InChI is InChI=1S/C15H10IN3O2/c16-11-6-8-12(9-7-11)19-14(10-4-2-1-3-5-10)17-13(18-19)15(20)21/h1-9H,(H,20,21). The highest BCUT2D eigenvalue weighted by molar-refractivity contribution is 14.1. The topological polar surface area (TPSA) is 68.0 Å². The quantitative estimate of drug-likeness (QED) is 0.697. The minimum Gasteiger partial charge on any atom is -0.475 e. The number of rotatable bonds is 3. The van der Waals surface area contributed by atoms with Gasteiger partial charge in [0.25, 0.3) is 5.82 Å². The van der Waals surface area contributed by atoms with Crippen molar-refractivity contribution in [2.75, 3.05) is 0 Å². The van der Waals surface area contributed by atoms with Crippen LogP contribution in [0.4, 0.5) is 0 Å². The second-order valence-electron chi connectivity index (χ2n) is 4.32. The van der Waals surface area contributed by atoms with Crippen LogP contribution in [0.25, 0.3) is 17.1 Å². The van der Waals surface area contributed by atoms with Gasteiger partial charge in [0.2, 0.25) is 0 Å². The molecule has 3 aromatic rings. The molecule has 0 fully saturated rings. The van der Waals surface area contributed by atoms with Crippen molar-refractivity contribution >= 4 is 28.6 Å². The van der Waals surface area contributed by atoms with Crippen LogP contribution in [0.15, 0.2) is 54.6 Å². The van der Waals surface area contributed by atoms with Gasteiger partial charge in [-0.2, -0.15) is 0 Å². The number of hydrogen-bond donors (Lipinski definition) is 1. The highest BCUT2D eigenvalue weighted by atomic mass is 127. The van der Waals surface area contributed by atoms with Gasteiger partial charge in [-0.1, -0.05) is 30.3 Å². The Kier molecular flexibility index (Phi) is 3.70. The van der Waals surface area contributed by atoms with Gasteiger partial charge >= 0.3 is 5.97 Å². The van der Waals surface area contributed by atoms with E-state index in [1.54, 1.807) is 4.68 Å². The molecule has 0 atom stereocenters. The summed E-state index contributed by atoms with van der Waals surface area (Å²) in [7, 11) is 0. The van der Waals surface area contributed by atoms with Gasteiger partial charge in [-0.3, -0.25) is 0 Å². The van der Waals surface area contributed by atoms with E-state index in [4.69, 9.17) is 5.11 Å². The van der Waals surface area contributed by atoms with Gasteiger partial charge in [-0.15, -0.1) is 5.10 Å². The number of carbonyl (C=O) groups is 1. The van der Waals surface area contributed by atoms with Crippen LogP contribution in [-0.2, 0) is 0 Å². The SMILES string of the molecule is O=C(O)c1nc(-c2ccccc2)n(-c2ccc(I)cc2)n1. The second-order valence-corrected chi connectivity index (χ2v) is 5.56. The van der Waals surface area contributed by atoms with Crippen LogP contribution in [0.5, 0.6) is 0 Å². The summed E-state index contributed by atoms with van der Waals surface area (Å²) in [5, 5.41) is 13.2. The summed E-state index contributed by atoms with van der Waals surface area (Å²) < 4.78 is 2.64. The van der Waals surface area contributed by atoms with Gasteiger partial charge in [0.05, 0.1) is 5.69 Å². The Morgan fingerprint density at radius 2 is 1.71 bits per heavy atom. The van der Waals surface area contributed by atoms with E-state index < -0.39 is 5.97 Å². The summed E-state index contributed by atoms with van der Waals surface area (Å²) in [6.45, 7) is 0. The first kappa shape index (κ1) is 13.7. The van der Waals surface area contributed by atoms with E-state index in [9.17, 15) is 4.79 Å². The van der Waals surface area contributed by atoms with Crippen LogP contribution in [-0.4, -0.2) is 25.8 Å². The molecule has 1 aromatic heterocycles. The molecule has 0 radical (unpaired) electrons. The minimum atomic E-state index is -1.14. The van der Waals surface area contributed by atoms with E-state index >= 15 is 0 Å². The van der Waals surface area contributed by atoms with Gasteiger partial charge in [-0.05, 0) is 46.9 Å². The molecule has 0 bridgehead atoms. The third-order valence-electron chi connectivity index (χ3n) is 2.90. The smallest absolute Gasteiger partial charge is 0.375 e. The van der Waals surface area contributed by atoms with Crippen molar-refractivity contribution in [2.45, 2.75) is 0 Å². The second kappa shape index (κ2) is 5.65. The highest BCUT2D eigenvalue weighted by Gasteiger charge is 2.17. The molecular weight excluding hydrogens is 381 g/mol. The van der Waals surface area contributed by atoms with Crippen LogP contribution in [0.2, 0.25) is 0 Å². The molecule has 21 heavy (non-hydrogen) atoms. The van der Waals surface area contributed by atoms with Gasteiger partial charge < -0.3 is 5.11 Å². The van der Waals surface area contributed by atoms with Crippen LogP contribution >= 0.6 is 22.6 Å². The van der Waals surface area contributed by atoms with E-state index in [1.165, 1.54) is 0 Å². The molecule has 0 unspecified atom stereocenters. The molecular formula is C15H10IN3O2. The van der Waals surface area contributed by atoms with Crippen molar-refractivity contribution in [1.29, 1.82) is 0 Å². The number of carboxylic acids is 1. The van der Waals surface area contributed by atoms with Gasteiger partial charge in [0.15, 0.2) is 5.82 Å². The van der Waals surface area contributed by atoms with Gasteiger partial charge in [0.1, 0.15) is 0 Å². The fourth-order valence-electron chi connectivity index (χ4n) is 1.94. The predicted molar refractivity (Wildman–Crippen MR) is 86.5 cm³/mol. The first-order valence-corrected chi connectivity index (χ1v) is 7.25. The molecule has 3 rings (SSSR count). The zero-order valence-corrected chi connectivity index (χ0v) is 12.9. The normalized spacial score (nSPS) is 10.5. The number of halogens is 1. The molecule has 0 amide bonds. The van der Waals surface area contributed by atoms with Crippen LogP contribution in [0.3, 0.4) is 0 Å². The van der Waals surface area contributed by atoms with E-state index in [-0.39, 0.29) is 5.82 Å². The average molecular weight is 391 g/mol. The maximum absolute atomic E-state index is 11.1. The maximum Gasteiger partial charge on any atom is 0.375 e. The Labute approximate surface area is 134 Å². The molecule has 104 valence electrons. The molecule has 2 aromatic carbocycles. The minimum absolute atomic E-state index is 0.215.